The van der Waals surface area contributed by atoms with Crippen LogP contribution in [0.2, 0.25) is 0 Å². The van der Waals surface area contributed by atoms with Crippen molar-refractivity contribution in [2.75, 3.05) is 0 Å². The van der Waals surface area contributed by atoms with Gasteiger partial charge in [0, 0.05) is 16.5 Å². The van der Waals surface area contributed by atoms with Gasteiger partial charge >= 0.3 is 0 Å². The zero-order chi connectivity index (χ0) is 21.3. The summed E-state index contributed by atoms with van der Waals surface area (Å²) in [6, 6.07) is 7.99. The molecule has 0 spiro atoms. The molecule has 29 heavy (non-hydrogen) atoms. The number of furan rings is 1. The van der Waals surface area contributed by atoms with Crippen molar-refractivity contribution in [1.82, 2.24) is 0 Å². The number of hydrogen-bond donors (Lipinski definition) is 0. The fraction of sp³-hybridized carbons (Fsp3) is 0.444. The van der Waals surface area contributed by atoms with E-state index in [0.717, 1.165) is 41.4 Å². The van der Waals surface area contributed by atoms with Crippen LogP contribution in [0, 0.1) is 5.41 Å². The molecule has 0 unspecified atom stereocenters. The van der Waals surface area contributed by atoms with Crippen LogP contribution in [0.25, 0.3) is 11.0 Å². The van der Waals surface area contributed by atoms with E-state index >= 15 is 0 Å². The molecule has 0 amide bonds. The number of rotatable bonds is 6. The van der Waals surface area contributed by atoms with E-state index in [9.17, 15) is 4.79 Å². The second kappa shape index (κ2) is 11.0. The van der Waals surface area contributed by atoms with Gasteiger partial charge in [-0.25, -0.2) is 0 Å². The summed E-state index contributed by atoms with van der Waals surface area (Å²) < 4.78 is 6.01. The number of carbonyl (C=O) groups is 1. The minimum Gasteiger partial charge on any atom is -0.452 e. The average Bonchev–Trinajstić information content (AvgIpc) is 2.84. The Labute approximate surface area is 176 Å². The van der Waals surface area contributed by atoms with Crippen LogP contribution in [0.4, 0.5) is 0 Å². The molecule has 156 valence electrons. The molecule has 0 saturated heterocycles. The highest BCUT2D eigenvalue weighted by atomic mass is 16.3. The monoisotopic (exact) mass is 392 g/mol. The lowest BCUT2D eigenvalue weighted by Crippen LogP contribution is -2.06. The number of carbonyl (C=O) groups excluding carboxylic acids is 1. The van der Waals surface area contributed by atoms with Gasteiger partial charge in [-0.1, -0.05) is 96.0 Å². The van der Waals surface area contributed by atoms with E-state index in [1.165, 1.54) is 12.8 Å². The second-order valence-corrected chi connectivity index (χ2v) is 8.92. The third kappa shape index (κ3) is 6.88. The first kappa shape index (κ1) is 22.9. The summed E-state index contributed by atoms with van der Waals surface area (Å²) in [5, 5.41) is 1.08. The Morgan fingerprint density at radius 2 is 1.76 bits per heavy atom. The highest BCUT2D eigenvalue weighted by molar-refractivity contribution is 6.10. The third-order valence-corrected chi connectivity index (χ3v) is 4.79. The number of fused-ring (bicyclic) bond motifs is 1. The lowest BCUT2D eigenvalue weighted by atomic mass is 9.88. The molecule has 0 N–H and O–H groups in total. The Balaban J connectivity index is 0.000000941. The van der Waals surface area contributed by atoms with Crippen molar-refractivity contribution in [3.8, 4) is 0 Å². The van der Waals surface area contributed by atoms with Gasteiger partial charge in [-0.15, -0.1) is 0 Å². The fourth-order valence-corrected chi connectivity index (χ4v) is 3.38. The number of para-hydroxylation sites is 1. The molecular formula is C27H36O2. The van der Waals surface area contributed by atoms with Gasteiger partial charge in [0.2, 0.25) is 5.78 Å². The molecule has 2 nitrogen and oxygen atoms in total. The van der Waals surface area contributed by atoms with Crippen molar-refractivity contribution in [2.24, 2.45) is 5.41 Å². The smallest absolute Gasteiger partial charge is 0.224 e. The van der Waals surface area contributed by atoms with Crippen molar-refractivity contribution in [3.05, 3.63) is 71.5 Å². The van der Waals surface area contributed by atoms with Crippen LogP contribution in [-0.4, -0.2) is 5.78 Å². The summed E-state index contributed by atoms with van der Waals surface area (Å²) in [6.07, 6.45) is 16.0. The molecule has 0 atom stereocenters. The molecule has 0 saturated carbocycles. The average molecular weight is 393 g/mol. The van der Waals surface area contributed by atoms with Crippen LogP contribution in [-0.2, 0) is 6.42 Å². The van der Waals surface area contributed by atoms with Crippen LogP contribution in [0.5, 0.6) is 0 Å². The number of allylic oxidation sites excluding steroid dienone is 6. The number of unbranched alkanes of at least 4 members (excludes halogenated alkanes) is 1. The van der Waals surface area contributed by atoms with Crippen LogP contribution in [0.1, 0.15) is 82.8 Å². The minimum absolute atomic E-state index is 0.0169. The van der Waals surface area contributed by atoms with Crippen molar-refractivity contribution in [1.29, 1.82) is 0 Å². The number of ketones is 1. The molecule has 0 fully saturated rings. The zero-order valence-corrected chi connectivity index (χ0v) is 18.8. The van der Waals surface area contributed by atoms with Gasteiger partial charge in [0.1, 0.15) is 5.58 Å². The molecule has 0 bridgehead atoms. The van der Waals surface area contributed by atoms with Gasteiger partial charge in [-0.05, 0) is 37.2 Å². The predicted molar refractivity (Wildman–Crippen MR) is 124 cm³/mol. The minimum atomic E-state index is 0.0169. The summed E-state index contributed by atoms with van der Waals surface area (Å²) in [4.78, 5) is 13.1. The number of Topliss-reactive ketones (excluding diaryl/α,β-unsaturated/α-hetero) is 1. The maximum Gasteiger partial charge on any atom is 0.224 e. The van der Waals surface area contributed by atoms with E-state index in [1.54, 1.807) is 0 Å². The van der Waals surface area contributed by atoms with E-state index in [-0.39, 0.29) is 5.78 Å². The first-order chi connectivity index (χ1) is 13.9. The third-order valence-electron chi connectivity index (χ3n) is 4.79. The first-order valence-corrected chi connectivity index (χ1v) is 10.9. The predicted octanol–water partition coefficient (Wildman–Crippen LogP) is 8.23. The van der Waals surface area contributed by atoms with E-state index in [2.05, 4.69) is 40.7 Å². The van der Waals surface area contributed by atoms with Crippen LogP contribution >= 0.6 is 0 Å². The van der Waals surface area contributed by atoms with E-state index < -0.39 is 0 Å². The van der Waals surface area contributed by atoms with Gasteiger partial charge in [-0.3, -0.25) is 4.79 Å². The molecule has 1 aromatic carbocycles. The fourth-order valence-electron chi connectivity index (χ4n) is 3.38. The summed E-state index contributed by atoms with van der Waals surface area (Å²) in [6.45, 7) is 11.1. The van der Waals surface area contributed by atoms with Crippen LogP contribution in [0.3, 0.4) is 0 Å². The van der Waals surface area contributed by atoms with Gasteiger partial charge in [0.05, 0.1) is 0 Å². The van der Waals surface area contributed by atoms with Gasteiger partial charge in [0.25, 0.3) is 0 Å². The lowest BCUT2D eigenvalue weighted by Gasteiger charge is -2.17. The molecule has 2 aromatic rings. The summed E-state index contributed by atoms with van der Waals surface area (Å²) in [5.41, 5.74) is 3.01. The number of aryl methyl sites for hydroxylation is 1. The topological polar surface area (TPSA) is 30.2 Å². The van der Waals surface area contributed by atoms with Crippen molar-refractivity contribution < 1.29 is 9.21 Å². The van der Waals surface area contributed by atoms with Crippen LogP contribution < -0.4 is 0 Å². The maximum absolute atomic E-state index is 13.1. The van der Waals surface area contributed by atoms with Gasteiger partial charge in [0.15, 0.2) is 5.76 Å². The molecule has 0 aliphatic heterocycles. The number of benzene rings is 1. The highest BCUT2D eigenvalue weighted by Crippen LogP contribution is 2.31. The zero-order valence-electron chi connectivity index (χ0n) is 18.8. The van der Waals surface area contributed by atoms with E-state index in [4.69, 9.17) is 4.42 Å². The Morgan fingerprint density at radius 1 is 1.03 bits per heavy atom. The van der Waals surface area contributed by atoms with E-state index in [0.29, 0.717) is 17.6 Å². The Morgan fingerprint density at radius 3 is 2.48 bits per heavy atom. The summed E-state index contributed by atoms with van der Waals surface area (Å²) >= 11 is 0. The Hall–Kier alpha value is -2.35. The van der Waals surface area contributed by atoms with Crippen LogP contribution in [0.15, 0.2) is 64.6 Å². The molecule has 1 aliphatic rings. The quantitative estimate of drug-likeness (QED) is 0.366. The normalized spacial score (nSPS) is 13.6. The first-order valence-electron chi connectivity index (χ1n) is 10.9. The molecule has 2 heteroatoms. The molecule has 1 aliphatic carbocycles. The van der Waals surface area contributed by atoms with Gasteiger partial charge < -0.3 is 4.42 Å². The van der Waals surface area contributed by atoms with Gasteiger partial charge in [-0.2, -0.15) is 0 Å². The lowest BCUT2D eigenvalue weighted by molar-refractivity contribution is 0.100. The van der Waals surface area contributed by atoms with E-state index in [1.807, 2.05) is 48.6 Å². The SMILES string of the molecule is CC(C)(C)CCCCc1c(C(=O)C2=CC=CC=CC2)oc2ccccc12.CCC. The summed E-state index contributed by atoms with van der Waals surface area (Å²) in [5.74, 6) is 0.542. The second-order valence-electron chi connectivity index (χ2n) is 8.92. The molecule has 1 heterocycles. The highest BCUT2D eigenvalue weighted by Gasteiger charge is 2.22. The maximum atomic E-state index is 13.1. The largest absolute Gasteiger partial charge is 0.452 e. The van der Waals surface area contributed by atoms with Crippen molar-refractivity contribution >= 4 is 16.8 Å². The standard InChI is InChI=1S/C24H28O2.C3H8/c1-24(2,3)17-11-10-15-20-19-14-8-9-16-21(19)26-23(20)22(25)18-12-6-4-5-7-13-18;1-3-2/h4-9,12,14,16H,10-11,13,15,17H2,1-3H3;3H2,1-2H3. The van der Waals surface area contributed by atoms with Crippen molar-refractivity contribution in [3.63, 3.8) is 0 Å². The van der Waals surface area contributed by atoms with Crippen molar-refractivity contribution in [2.45, 2.75) is 73.1 Å². The molecule has 0 radical (unpaired) electrons. The molecule has 1 aromatic heterocycles. The summed E-state index contributed by atoms with van der Waals surface area (Å²) in [7, 11) is 0. The Bertz CT molecular complexity index is 885. The molecular weight excluding hydrogens is 356 g/mol. The number of hydrogen-bond acceptors (Lipinski definition) is 2. The molecule has 3 rings (SSSR count). The Kier molecular flexibility index (Phi) is 8.70.